The van der Waals surface area contributed by atoms with E-state index in [-0.39, 0.29) is 11.9 Å². The molecule has 1 aromatic carbocycles. The molecule has 1 aromatic heterocycles. The zero-order valence-electron chi connectivity index (χ0n) is 10.8. The van der Waals surface area contributed by atoms with Crippen LogP contribution in [0.5, 0.6) is 0 Å². The fourth-order valence-electron chi connectivity index (χ4n) is 2.13. The summed E-state index contributed by atoms with van der Waals surface area (Å²) in [5.41, 5.74) is 7.52. The van der Waals surface area contributed by atoms with Crippen LogP contribution in [-0.4, -0.2) is 9.78 Å². The van der Waals surface area contributed by atoms with Gasteiger partial charge >= 0.3 is 0 Å². The van der Waals surface area contributed by atoms with Gasteiger partial charge in [-0.25, -0.2) is 4.39 Å². The molecule has 0 spiro atoms. The molecule has 0 radical (unpaired) electrons. The van der Waals surface area contributed by atoms with Gasteiger partial charge in [0.25, 0.3) is 0 Å². The van der Waals surface area contributed by atoms with E-state index in [0.29, 0.717) is 17.0 Å². The Kier molecular flexibility index (Phi) is 4.56. The minimum absolute atomic E-state index is 0.240. The van der Waals surface area contributed by atoms with Crippen LogP contribution in [-0.2, 0) is 13.0 Å². The molecule has 0 amide bonds. The molecule has 1 unspecified atom stereocenters. The van der Waals surface area contributed by atoms with Crippen LogP contribution in [0.4, 0.5) is 4.39 Å². The zero-order valence-corrected chi connectivity index (χ0v) is 11.6. The number of rotatable bonds is 5. The number of nitrogens with zero attached hydrogens (tertiary/aromatic N) is 2. The van der Waals surface area contributed by atoms with E-state index in [4.69, 9.17) is 17.3 Å². The lowest BCUT2D eigenvalue weighted by Gasteiger charge is -2.15. The number of hydrogen-bond acceptors (Lipinski definition) is 2. The number of halogens is 2. The fraction of sp³-hybridized carbons (Fsp3) is 0.357. The molecule has 3 nitrogen and oxygen atoms in total. The van der Waals surface area contributed by atoms with Crippen LogP contribution in [0.3, 0.4) is 0 Å². The van der Waals surface area contributed by atoms with Gasteiger partial charge in [0.2, 0.25) is 0 Å². The Bertz CT molecular complexity index is 553. The average Bonchev–Trinajstić information content (AvgIpc) is 2.74. The molecular formula is C14H17ClFN3. The first kappa shape index (κ1) is 14.0. The lowest BCUT2D eigenvalue weighted by molar-refractivity contribution is 0.529. The lowest BCUT2D eigenvalue weighted by atomic mass is 10.0. The number of hydrogen-bond donors (Lipinski definition) is 1. The molecule has 2 rings (SSSR count). The highest BCUT2D eigenvalue weighted by atomic mass is 35.5. The summed E-state index contributed by atoms with van der Waals surface area (Å²) in [5, 5.41) is 4.74. The predicted octanol–water partition coefficient (Wildman–Crippen LogP) is 3.33. The van der Waals surface area contributed by atoms with Gasteiger partial charge < -0.3 is 5.73 Å². The summed E-state index contributed by atoms with van der Waals surface area (Å²) in [6.07, 6.45) is 2.94. The van der Waals surface area contributed by atoms with E-state index >= 15 is 0 Å². The van der Waals surface area contributed by atoms with Crippen molar-refractivity contribution in [1.29, 1.82) is 0 Å². The monoisotopic (exact) mass is 281 g/mol. The first-order valence-electron chi connectivity index (χ1n) is 6.33. The summed E-state index contributed by atoms with van der Waals surface area (Å²) < 4.78 is 15.4. The van der Waals surface area contributed by atoms with Crippen LogP contribution in [0.25, 0.3) is 0 Å². The van der Waals surface area contributed by atoms with Gasteiger partial charge in [0, 0.05) is 6.54 Å². The van der Waals surface area contributed by atoms with Crippen LogP contribution in [0.1, 0.15) is 30.6 Å². The van der Waals surface area contributed by atoms with Crippen molar-refractivity contribution in [3.63, 3.8) is 0 Å². The van der Waals surface area contributed by atoms with Crippen LogP contribution in [0.2, 0.25) is 5.02 Å². The van der Waals surface area contributed by atoms with Crippen molar-refractivity contribution < 1.29 is 4.39 Å². The van der Waals surface area contributed by atoms with Crippen molar-refractivity contribution in [1.82, 2.24) is 9.78 Å². The van der Waals surface area contributed by atoms with Crippen molar-refractivity contribution >= 4 is 11.6 Å². The normalized spacial score (nSPS) is 12.6. The van der Waals surface area contributed by atoms with E-state index in [0.717, 1.165) is 18.7 Å². The van der Waals surface area contributed by atoms with E-state index < -0.39 is 0 Å². The van der Waals surface area contributed by atoms with E-state index in [1.165, 1.54) is 6.07 Å². The SMILES string of the molecule is CCCn1ncc(Cl)c1C(N)Cc1ccccc1F. The minimum Gasteiger partial charge on any atom is -0.322 e. The van der Waals surface area contributed by atoms with Gasteiger partial charge in [0.05, 0.1) is 23.0 Å². The quantitative estimate of drug-likeness (QED) is 0.913. The highest BCUT2D eigenvalue weighted by Crippen LogP contribution is 2.25. The lowest BCUT2D eigenvalue weighted by Crippen LogP contribution is -2.19. The topological polar surface area (TPSA) is 43.8 Å². The summed E-state index contributed by atoms with van der Waals surface area (Å²) in [7, 11) is 0. The molecule has 5 heteroatoms. The molecule has 2 N–H and O–H groups in total. The average molecular weight is 282 g/mol. The first-order chi connectivity index (χ1) is 9.13. The summed E-state index contributed by atoms with van der Waals surface area (Å²) >= 11 is 6.12. The maximum absolute atomic E-state index is 13.6. The Morgan fingerprint density at radius 2 is 2.16 bits per heavy atom. The summed E-state index contributed by atoms with van der Waals surface area (Å²) in [6.45, 7) is 2.81. The van der Waals surface area contributed by atoms with Crippen LogP contribution < -0.4 is 5.73 Å². The molecule has 0 aliphatic heterocycles. The molecule has 0 aliphatic rings. The number of benzene rings is 1. The van der Waals surface area contributed by atoms with Crippen LogP contribution in [0, 0.1) is 5.82 Å². The Morgan fingerprint density at radius 1 is 1.42 bits per heavy atom. The predicted molar refractivity (Wildman–Crippen MR) is 74.6 cm³/mol. The third-order valence-corrected chi connectivity index (χ3v) is 3.31. The largest absolute Gasteiger partial charge is 0.322 e. The van der Waals surface area contributed by atoms with E-state index in [2.05, 4.69) is 12.0 Å². The standard InChI is InChI=1S/C14H17ClFN3/c1-2-7-19-14(11(15)9-18-19)13(17)8-10-5-3-4-6-12(10)16/h3-6,9,13H,2,7-8,17H2,1H3. The van der Waals surface area contributed by atoms with E-state index in [9.17, 15) is 4.39 Å². The van der Waals surface area contributed by atoms with Gasteiger partial charge in [0.1, 0.15) is 5.82 Å². The fourth-order valence-corrected chi connectivity index (χ4v) is 2.41. The van der Waals surface area contributed by atoms with Gasteiger partial charge in [0.15, 0.2) is 0 Å². The maximum Gasteiger partial charge on any atom is 0.126 e. The Balaban J connectivity index is 2.22. The molecule has 1 atom stereocenters. The molecule has 2 aromatic rings. The van der Waals surface area contributed by atoms with Gasteiger partial charge in [-0.3, -0.25) is 4.68 Å². The molecule has 1 heterocycles. The molecule has 0 bridgehead atoms. The van der Waals surface area contributed by atoms with Gasteiger partial charge in [-0.2, -0.15) is 5.10 Å². The Labute approximate surface area is 117 Å². The second-order valence-corrected chi connectivity index (χ2v) is 4.91. The third kappa shape index (κ3) is 3.14. The summed E-state index contributed by atoms with van der Waals surface area (Å²) in [6, 6.07) is 6.28. The molecule has 102 valence electrons. The van der Waals surface area contributed by atoms with Gasteiger partial charge in [-0.1, -0.05) is 36.7 Å². The van der Waals surface area contributed by atoms with E-state index in [1.54, 1.807) is 29.1 Å². The Hall–Kier alpha value is -1.39. The smallest absolute Gasteiger partial charge is 0.126 e. The van der Waals surface area contributed by atoms with Crippen molar-refractivity contribution in [3.05, 3.63) is 52.6 Å². The van der Waals surface area contributed by atoms with Crippen molar-refractivity contribution in [2.45, 2.75) is 32.4 Å². The highest BCUT2D eigenvalue weighted by molar-refractivity contribution is 6.31. The van der Waals surface area contributed by atoms with E-state index in [1.807, 2.05) is 0 Å². The maximum atomic E-state index is 13.6. The zero-order chi connectivity index (χ0) is 13.8. The molecule has 0 aliphatic carbocycles. The minimum atomic E-state index is -0.363. The number of nitrogens with two attached hydrogens (primary N) is 1. The second kappa shape index (κ2) is 6.17. The van der Waals surface area contributed by atoms with Gasteiger partial charge in [-0.05, 0) is 24.5 Å². The van der Waals surface area contributed by atoms with Crippen LogP contribution in [0.15, 0.2) is 30.5 Å². The molecule has 19 heavy (non-hydrogen) atoms. The number of aromatic nitrogens is 2. The molecule has 0 saturated heterocycles. The second-order valence-electron chi connectivity index (χ2n) is 4.50. The summed E-state index contributed by atoms with van der Waals surface area (Å²) in [4.78, 5) is 0. The Morgan fingerprint density at radius 3 is 2.84 bits per heavy atom. The molecular weight excluding hydrogens is 265 g/mol. The first-order valence-corrected chi connectivity index (χ1v) is 6.71. The van der Waals surface area contributed by atoms with Crippen molar-refractivity contribution in [2.75, 3.05) is 0 Å². The van der Waals surface area contributed by atoms with Crippen molar-refractivity contribution in [2.24, 2.45) is 5.73 Å². The third-order valence-electron chi connectivity index (χ3n) is 3.02. The van der Waals surface area contributed by atoms with Crippen molar-refractivity contribution in [3.8, 4) is 0 Å². The summed E-state index contributed by atoms with van der Waals surface area (Å²) in [5.74, 6) is -0.240. The van der Waals surface area contributed by atoms with Crippen LogP contribution >= 0.6 is 11.6 Å². The number of aryl methyl sites for hydroxylation is 1. The highest BCUT2D eigenvalue weighted by Gasteiger charge is 2.18. The van der Waals surface area contributed by atoms with Gasteiger partial charge in [-0.15, -0.1) is 0 Å². The molecule has 0 saturated carbocycles. The molecule has 0 fully saturated rings.